The molecule has 0 saturated carbocycles. The van der Waals surface area contributed by atoms with Gasteiger partial charge in [0.2, 0.25) is 11.8 Å². The van der Waals surface area contributed by atoms with Crippen LogP contribution in [0.4, 0.5) is 11.4 Å². The van der Waals surface area contributed by atoms with Gasteiger partial charge in [0.15, 0.2) is 0 Å². The topological polar surface area (TPSA) is 62.6 Å². The summed E-state index contributed by atoms with van der Waals surface area (Å²) in [6.07, 6.45) is 0.182. The number of amides is 2. The number of hydrogen-bond acceptors (Lipinski definition) is 3. The number of rotatable bonds is 3. The Kier molecular flexibility index (Phi) is 4.25. The van der Waals surface area contributed by atoms with Crippen LogP contribution in [0, 0.1) is 5.92 Å². The summed E-state index contributed by atoms with van der Waals surface area (Å²) >= 11 is 5.92. The smallest absolute Gasteiger partial charge is 0.229 e. The predicted molar refractivity (Wildman–Crippen MR) is 114 cm³/mol. The van der Waals surface area contributed by atoms with Crippen LogP contribution >= 0.6 is 11.6 Å². The third-order valence-electron chi connectivity index (χ3n) is 5.28. The molecule has 1 aromatic heterocycles. The van der Waals surface area contributed by atoms with Gasteiger partial charge in [-0.05, 0) is 42.5 Å². The van der Waals surface area contributed by atoms with Crippen molar-refractivity contribution < 1.29 is 14.0 Å². The fraction of sp³-hybridized carbons (Fsp3) is 0.130. The molecule has 4 aromatic rings. The van der Waals surface area contributed by atoms with E-state index in [1.165, 1.54) is 0 Å². The molecule has 1 aliphatic rings. The molecule has 5 rings (SSSR count). The lowest BCUT2D eigenvalue weighted by Crippen LogP contribution is -2.28. The number of carbonyl (C=O) groups excluding carboxylic acids is 2. The number of hydrogen-bond donors (Lipinski definition) is 1. The summed E-state index contributed by atoms with van der Waals surface area (Å²) in [7, 11) is 0. The van der Waals surface area contributed by atoms with Gasteiger partial charge in [0.05, 0.1) is 5.92 Å². The van der Waals surface area contributed by atoms with E-state index in [1.807, 2.05) is 42.5 Å². The second-order valence-electron chi connectivity index (χ2n) is 7.18. The van der Waals surface area contributed by atoms with E-state index in [0.717, 1.165) is 22.0 Å². The highest BCUT2D eigenvalue weighted by Gasteiger charge is 2.35. The van der Waals surface area contributed by atoms with Crippen LogP contribution in [0.25, 0.3) is 21.9 Å². The molecule has 0 aliphatic carbocycles. The van der Waals surface area contributed by atoms with Crippen molar-refractivity contribution in [2.45, 2.75) is 6.42 Å². The number of para-hydroxylation sites is 1. The number of carbonyl (C=O) groups is 2. The van der Waals surface area contributed by atoms with Crippen molar-refractivity contribution in [2.75, 3.05) is 16.8 Å². The lowest BCUT2D eigenvalue weighted by atomic mass is 10.1. The van der Waals surface area contributed by atoms with Gasteiger partial charge in [0.25, 0.3) is 0 Å². The van der Waals surface area contributed by atoms with E-state index in [2.05, 4.69) is 5.32 Å². The zero-order valence-corrected chi connectivity index (χ0v) is 16.1. The van der Waals surface area contributed by atoms with Gasteiger partial charge in [0.1, 0.15) is 11.2 Å². The largest absolute Gasteiger partial charge is 0.456 e. The zero-order valence-electron chi connectivity index (χ0n) is 15.4. The molecular weight excluding hydrogens is 388 g/mol. The van der Waals surface area contributed by atoms with Crippen LogP contribution in [-0.4, -0.2) is 18.4 Å². The van der Waals surface area contributed by atoms with Crippen LogP contribution in [0.2, 0.25) is 5.02 Å². The standard InChI is InChI=1S/C23H17ClN2O3/c24-15-5-8-17(9-6-15)26-13-14(11-22(26)27)23(28)25-16-7-10-19-18-3-1-2-4-20(18)29-21(19)12-16/h1-10,12,14H,11,13H2,(H,25,28)/t14-/m1/s1. The van der Waals surface area contributed by atoms with E-state index in [1.54, 1.807) is 29.2 Å². The molecule has 0 spiro atoms. The molecule has 2 amide bonds. The van der Waals surface area contributed by atoms with Crippen LogP contribution in [0.15, 0.2) is 71.1 Å². The Bertz CT molecular complexity index is 1250. The predicted octanol–water partition coefficient (Wildman–Crippen LogP) is 5.23. The van der Waals surface area contributed by atoms with E-state index in [0.29, 0.717) is 22.8 Å². The molecule has 29 heavy (non-hydrogen) atoms. The molecule has 0 bridgehead atoms. The summed E-state index contributed by atoms with van der Waals surface area (Å²) in [5, 5.41) is 5.58. The molecule has 2 heterocycles. The molecule has 3 aromatic carbocycles. The summed E-state index contributed by atoms with van der Waals surface area (Å²) in [5.74, 6) is -0.657. The molecule has 1 atom stereocenters. The first-order chi connectivity index (χ1) is 14.1. The van der Waals surface area contributed by atoms with Gasteiger partial charge in [-0.3, -0.25) is 9.59 Å². The molecule has 5 nitrogen and oxygen atoms in total. The Hall–Kier alpha value is -3.31. The SMILES string of the molecule is O=C(Nc1ccc2c(c1)oc1ccccc12)[C@@H]1CC(=O)N(c2ccc(Cl)cc2)C1. The molecule has 1 fully saturated rings. The Morgan fingerprint density at radius 1 is 1.00 bits per heavy atom. The molecule has 144 valence electrons. The van der Waals surface area contributed by atoms with Gasteiger partial charge in [-0.1, -0.05) is 29.8 Å². The van der Waals surface area contributed by atoms with Crippen molar-refractivity contribution in [3.8, 4) is 0 Å². The fourth-order valence-electron chi connectivity index (χ4n) is 3.80. The lowest BCUT2D eigenvalue weighted by Gasteiger charge is -2.16. The zero-order chi connectivity index (χ0) is 20.0. The number of halogens is 1. The summed E-state index contributed by atoms with van der Waals surface area (Å²) in [5.41, 5.74) is 2.93. The van der Waals surface area contributed by atoms with Crippen LogP contribution < -0.4 is 10.2 Å². The quantitative estimate of drug-likeness (QED) is 0.508. The van der Waals surface area contributed by atoms with Crippen molar-refractivity contribution in [3.05, 3.63) is 71.8 Å². The minimum Gasteiger partial charge on any atom is -0.456 e. The third-order valence-corrected chi connectivity index (χ3v) is 5.53. The van der Waals surface area contributed by atoms with E-state index < -0.39 is 5.92 Å². The number of anilines is 2. The van der Waals surface area contributed by atoms with Crippen molar-refractivity contribution in [2.24, 2.45) is 5.92 Å². The molecule has 0 unspecified atom stereocenters. The Balaban J connectivity index is 1.34. The number of fused-ring (bicyclic) bond motifs is 3. The summed E-state index contributed by atoms with van der Waals surface area (Å²) < 4.78 is 5.88. The van der Waals surface area contributed by atoms with E-state index >= 15 is 0 Å². The highest BCUT2D eigenvalue weighted by molar-refractivity contribution is 6.30. The maximum atomic E-state index is 12.8. The van der Waals surface area contributed by atoms with Crippen molar-refractivity contribution in [3.63, 3.8) is 0 Å². The van der Waals surface area contributed by atoms with Crippen molar-refractivity contribution >= 4 is 56.7 Å². The summed E-state index contributed by atoms with van der Waals surface area (Å²) in [6.45, 7) is 0.346. The Labute approximate surface area is 171 Å². The molecule has 1 saturated heterocycles. The first kappa shape index (κ1) is 17.8. The van der Waals surface area contributed by atoms with Gasteiger partial charge in [-0.15, -0.1) is 0 Å². The molecule has 1 N–H and O–H groups in total. The van der Waals surface area contributed by atoms with E-state index in [-0.39, 0.29) is 18.2 Å². The lowest BCUT2D eigenvalue weighted by molar-refractivity contribution is -0.122. The van der Waals surface area contributed by atoms with Crippen LogP contribution in [0.5, 0.6) is 0 Å². The maximum Gasteiger partial charge on any atom is 0.229 e. The van der Waals surface area contributed by atoms with E-state index in [4.69, 9.17) is 16.0 Å². The van der Waals surface area contributed by atoms with Crippen LogP contribution in [0.3, 0.4) is 0 Å². The second-order valence-corrected chi connectivity index (χ2v) is 7.62. The monoisotopic (exact) mass is 404 g/mol. The summed E-state index contributed by atoms with van der Waals surface area (Å²) in [4.78, 5) is 26.8. The maximum absolute atomic E-state index is 12.8. The molecule has 6 heteroatoms. The molecular formula is C23H17ClN2O3. The third kappa shape index (κ3) is 3.23. The molecule has 1 aliphatic heterocycles. The minimum absolute atomic E-state index is 0.0693. The highest BCUT2D eigenvalue weighted by Crippen LogP contribution is 2.31. The first-order valence-corrected chi connectivity index (χ1v) is 9.74. The second kappa shape index (κ2) is 6.94. The van der Waals surface area contributed by atoms with Gasteiger partial charge in [-0.25, -0.2) is 0 Å². The fourth-order valence-corrected chi connectivity index (χ4v) is 3.93. The van der Waals surface area contributed by atoms with Crippen LogP contribution in [0.1, 0.15) is 6.42 Å². The van der Waals surface area contributed by atoms with Gasteiger partial charge < -0.3 is 14.6 Å². The van der Waals surface area contributed by atoms with E-state index in [9.17, 15) is 9.59 Å². The highest BCUT2D eigenvalue weighted by atomic mass is 35.5. The van der Waals surface area contributed by atoms with Crippen LogP contribution in [-0.2, 0) is 9.59 Å². The van der Waals surface area contributed by atoms with Crippen molar-refractivity contribution in [1.82, 2.24) is 0 Å². The van der Waals surface area contributed by atoms with Gasteiger partial charge >= 0.3 is 0 Å². The average molecular weight is 405 g/mol. The number of nitrogens with one attached hydrogen (secondary N) is 1. The first-order valence-electron chi connectivity index (χ1n) is 9.36. The van der Waals surface area contributed by atoms with Gasteiger partial charge in [-0.2, -0.15) is 0 Å². The Morgan fingerprint density at radius 3 is 2.59 bits per heavy atom. The summed E-state index contributed by atoms with van der Waals surface area (Å²) in [6, 6.07) is 20.5. The molecule has 0 radical (unpaired) electrons. The Morgan fingerprint density at radius 2 is 1.76 bits per heavy atom. The minimum atomic E-state index is -0.412. The van der Waals surface area contributed by atoms with Crippen molar-refractivity contribution in [1.29, 1.82) is 0 Å². The number of furan rings is 1. The normalized spacial score (nSPS) is 16.7. The van der Waals surface area contributed by atoms with Gasteiger partial charge in [0, 0.05) is 46.2 Å². The average Bonchev–Trinajstić information content (AvgIpc) is 3.29. The number of nitrogens with zero attached hydrogens (tertiary/aromatic N) is 1. The number of benzene rings is 3.